The third-order valence-electron chi connectivity index (χ3n) is 6.31. The average Bonchev–Trinajstić information content (AvgIpc) is 3.33. The Hall–Kier alpha value is -3.36. The molecule has 9 nitrogen and oxygen atoms in total. The van der Waals surface area contributed by atoms with Gasteiger partial charge in [-0.3, -0.25) is 14.5 Å². The molecule has 154 valence electrons. The quantitative estimate of drug-likeness (QED) is 0.662. The number of allylic oxidation sites excluding steroid dienone is 2. The number of benzene rings is 1. The van der Waals surface area contributed by atoms with E-state index < -0.39 is 0 Å². The van der Waals surface area contributed by atoms with Crippen molar-refractivity contribution < 1.29 is 0 Å². The van der Waals surface area contributed by atoms with Gasteiger partial charge in [0, 0.05) is 5.92 Å². The van der Waals surface area contributed by atoms with Crippen LogP contribution < -0.4 is 15.2 Å². The van der Waals surface area contributed by atoms with Crippen molar-refractivity contribution in [2.24, 2.45) is 10.9 Å². The first-order chi connectivity index (χ1) is 14.7. The third kappa shape index (κ3) is 2.54. The van der Waals surface area contributed by atoms with Gasteiger partial charge in [0.15, 0.2) is 0 Å². The summed E-state index contributed by atoms with van der Waals surface area (Å²) in [6.07, 6.45) is 8.11. The number of fused-ring (bicyclic) bond motifs is 5. The van der Waals surface area contributed by atoms with Crippen molar-refractivity contribution in [3.05, 3.63) is 48.1 Å². The number of imidazole rings is 1. The van der Waals surface area contributed by atoms with Crippen molar-refractivity contribution in [1.82, 2.24) is 29.7 Å². The second-order valence-electron chi connectivity index (χ2n) is 8.21. The Labute approximate surface area is 174 Å². The van der Waals surface area contributed by atoms with Crippen molar-refractivity contribution in [3.8, 4) is 0 Å². The fourth-order valence-electron chi connectivity index (χ4n) is 4.92. The van der Waals surface area contributed by atoms with Crippen LogP contribution in [0.5, 0.6) is 0 Å². The van der Waals surface area contributed by atoms with E-state index >= 15 is 0 Å². The summed E-state index contributed by atoms with van der Waals surface area (Å²) < 4.78 is 4.40. The molecule has 30 heavy (non-hydrogen) atoms. The first-order valence-corrected chi connectivity index (χ1v) is 10.5. The van der Waals surface area contributed by atoms with Gasteiger partial charge in [-0.1, -0.05) is 24.3 Å². The largest absolute Gasteiger partial charge is 0.335 e. The minimum Gasteiger partial charge on any atom is -0.335 e. The SMILES string of the molecule is Cc1nnc(C)n1N1CN=C2N[C@@H]([C@H]3CC=CCC3)n3c(nc4ccccc43)N2C1. The van der Waals surface area contributed by atoms with E-state index in [0.717, 1.165) is 47.4 Å². The zero-order valence-corrected chi connectivity index (χ0v) is 17.2. The molecule has 4 heterocycles. The zero-order chi connectivity index (χ0) is 20.2. The lowest BCUT2D eigenvalue weighted by atomic mass is 9.91. The van der Waals surface area contributed by atoms with E-state index in [-0.39, 0.29) is 6.17 Å². The number of nitrogens with one attached hydrogen (secondary N) is 1. The van der Waals surface area contributed by atoms with Gasteiger partial charge in [-0.15, -0.1) is 10.2 Å². The number of hydrogen-bond donors (Lipinski definition) is 1. The van der Waals surface area contributed by atoms with Crippen LogP contribution in [-0.2, 0) is 0 Å². The normalized spacial score (nSPS) is 23.2. The molecule has 1 aromatic carbocycles. The fourth-order valence-corrected chi connectivity index (χ4v) is 4.92. The number of anilines is 1. The minimum absolute atomic E-state index is 0.150. The van der Waals surface area contributed by atoms with Crippen LogP contribution in [0.1, 0.15) is 37.1 Å². The van der Waals surface area contributed by atoms with Gasteiger partial charge >= 0.3 is 0 Å². The highest BCUT2D eigenvalue weighted by atomic mass is 15.7. The highest BCUT2D eigenvalue weighted by Crippen LogP contribution is 2.37. The second-order valence-corrected chi connectivity index (χ2v) is 8.21. The molecule has 0 radical (unpaired) electrons. The molecule has 2 aliphatic heterocycles. The molecule has 2 aromatic heterocycles. The molecule has 1 aliphatic carbocycles. The number of rotatable bonds is 2. The number of aryl methyl sites for hydroxylation is 2. The summed E-state index contributed by atoms with van der Waals surface area (Å²) in [6, 6.07) is 8.39. The Morgan fingerprint density at radius 3 is 2.70 bits per heavy atom. The standard InChI is InChI=1S/C21H25N9/c1-14-25-26-15(2)30(14)27-12-22-20-24-19(16-8-4-3-5-9-16)29-18-11-7-6-10-17(18)23-21(29)28(20)13-27/h3-4,6-7,10-11,16,19H,5,8-9,12-13H2,1-2H3,(H,22,24)/t16-,19+/m0/s1. The van der Waals surface area contributed by atoms with E-state index in [1.54, 1.807) is 0 Å². The molecule has 6 rings (SSSR count). The van der Waals surface area contributed by atoms with Crippen LogP contribution in [0.2, 0.25) is 0 Å². The lowest BCUT2D eigenvalue weighted by Gasteiger charge is -2.44. The van der Waals surface area contributed by atoms with Crippen LogP contribution in [0, 0.1) is 19.8 Å². The minimum atomic E-state index is 0.150. The number of para-hydroxylation sites is 2. The van der Waals surface area contributed by atoms with Crippen LogP contribution >= 0.6 is 0 Å². The maximum Gasteiger partial charge on any atom is 0.216 e. The third-order valence-corrected chi connectivity index (χ3v) is 6.31. The Morgan fingerprint density at radius 2 is 1.90 bits per heavy atom. The number of aliphatic imine (C=N–C) groups is 1. The summed E-state index contributed by atoms with van der Waals surface area (Å²) in [6.45, 7) is 5.12. The molecule has 0 saturated carbocycles. The van der Waals surface area contributed by atoms with Crippen LogP contribution in [0.15, 0.2) is 41.4 Å². The number of nitrogens with zero attached hydrogens (tertiary/aromatic N) is 8. The summed E-state index contributed by atoms with van der Waals surface area (Å²) in [4.78, 5) is 12.1. The van der Waals surface area contributed by atoms with Gasteiger partial charge in [-0.05, 0) is 45.2 Å². The molecule has 0 unspecified atom stereocenters. The summed E-state index contributed by atoms with van der Waals surface area (Å²) in [5.74, 6) is 4.07. The van der Waals surface area contributed by atoms with Crippen molar-refractivity contribution in [2.75, 3.05) is 23.2 Å². The van der Waals surface area contributed by atoms with E-state index in [0.29, 0.717) is 19.3 Å². The molecule has 0 fully saturated rings. The predicted octanol–water partition coefficient (Wildman–Crippen LogP) is 2.43. The number of guanidine groups is 1. The molecule has 0 bridgehead atoms. The van der Waals surface area contributed by atoms with Crippen LogP contribution in [0.4, 0.5) is 5.95 Å². The second kappa shape index (κ2) is 6.58. The molecule has 3 aliphatic rings. The molecule has 0 spiro atoms. The summed E-state index contributed by atoms with van der Waals surface area (Å²) in [5.41, 5.74) is 2.17. The molecule has 3 aromatic rings. The average molecular weight is 403 g/mol. The summed E-state index contributed by atoms with van der Waals surface area (Å²) in [7, 11) is 0. The van der Waals surface area contributed by atoms with E-state index in [2.05, 4.69) is 66.4 Å². The van der Waals surface area contributed by atoms with Crippen molar-refractivity contribution >= 4 is 22.9 Å². The van der Waals surface area contributed by atoms with Crippen molar-refractivity contribution in [1.29, 1.82) is 0 Å². The first kappa shape index (κ1) is 17.5. The summed E-state index contributed by atoms with van der Waals surface area (Å²) >= 11 is 0. The Morgan fingerprint density at radius 1 is 1.07 bits per heavy atom. The Balaban J connectivity index is 1.46. The van der Waals surface area contributed by atoms with Gasteiger partial charge in [0.2, 0.25) is 11.9 Å². The molecular formula is C21H25N9. The first-order valence-electron chi connectivity index (χ1n) is 10.5. The van der Waals surface area contributed by atoms with E-state index in [1.165, 1.54) is 6.42 Å². The number of hydrogen-bond acceptors (Lipinski definition) is 7. The van der Waals surface area contributed by atoms with E-state index in [4.69, 9.17) is 9.98 Å². The van der Waals surface area contributed by atoms with Gasteiger partial charge in [-0.25, -0.2) is 14.7 Å². The predicted molar refractivity (Wildman–Crippen MR) is 116 cm³/mol. The molecule has 2 atom stereocenters. The lowest BCUT2D eigenvalue weighted by molar-refractivity contribution is 0.282. The van der Waals surface area contributed by atoms with Gasteiger partial charge in [-0.2, -0.15) is 0 Å². The zero-order valence-electron chi connectivity index (χ0n) is 17.2. The highest BCUT2D eigenvalue weighted by molar-refractivity contribution is 5.99. The maximum atomic E-state index is 5.03. The fraction of sp³-hybridized carbons (Fsp3) is 0.429. The van der Waals surface area contributed by atoms with Gasteiger partial charge in [0.05, 0.1) is 11.0 Å². The molecule has 0 saturated heterocycles. The Bertz CT molecular complexity index is 1150. The molecule has 1 N–H and O–H groups in total. The van der Waals surface area contributed by atoms with Gasteiger partial charge < -0.3 is 5.32 Å². The monoisotopic (exact) mass is 403 g/mol. The highest BCUT2D eigenvalue weighted by Gasteiger charge is 2.38. The summed E-state index contributed by atoms with van der Waals surface area (Å²) in [5, 5.41) is 14.3. The van der Waals surface area contributed by atoms with Crippen molar-refractivity contribution in [3.63, 3.8) is 0 Å². The van der Waals surface area contributed by atoms with Crippen molar-refractivity contribution in [2.45, 2.75) is 39.3 Å². The number of aromatic nitrogens is 5. The van der Waals surface area contributed by atoms with Gasteiger partial charge in [0.25, 0.3) is 0 Å². The van der Waals surface area contributed by atoms with E-state index in [1.807, 2.05) is 18.5 Å². The topological polar surface area (TPSA) is 79.4 Å². The lowest BCUT2D eigenvalue weighted by Crippen LogP contribution is -2.60. The molecule has 9 heteroatoms. The van der Waals surface area contributed by atoms with E-state index in [9.17, 15) is 0 Å². The van der Waals surface area contributed by atoms with Crippen LogP contribution in [-0.4, -0.2) is 43.7 Å². The maximum absolute atomic E-state index is 5.03. The van der Waals surface area contributed by atoms with Crippen LogP contribution in [0.3, 0.4) is 0 Å². The molecule has 0 amide bonds. The Kier molecular flexibility index (Phi) is 3.84. The molecular weight excluding hydrogens is 378 g/mol. The smallest absolute Gasteiger partial charge is 0.216 e. The van der Waals surface area contributed by atoms with Gasteiger partial charge in [0.1, 0.15) is 31.2 Å². The van der Waals surface area contributed by atoms with Crippen LogP contribution in [0.25, 0.3) is 11.0 Å².